The van der Waals surface area contributed by atoms with E-state index in [1.807, 2.05) is 54.6 Å². The maximum Gasteiger partial charge on any atom is 0.272 e. The third kappa shape index (κ3) is 4.57. The number of nitrogens with one attached hydrogen (secondary N) is 1. The first-order valence-electron chi connectivity index (χ1n) is 10.4. The van der Waals surface area contributed by atoms with E-state index >= 15 is 0 Å². The number of amides is 1. The van der Waals surface area contributed by atoms with E-state index < -0.39 is 0 Å². The third-order valence-electron chi connectivity index (χ3n) is 5.21. The molecular weight excluding hydrogens is 469 g/mol. The molecule has 0 aliphatic rings. The summed E-state index contributed by atoms with van der Waals surface area (Å²) < 4.78 is 5.79. The van der Waals surface area contributed by atoms with Gasteiger partial charge in [0.25, 0.3) is 5.91 Å². The van der Waals surface area contributed by atoms with Gasteiger partial charge >= 0.3 is 0 Å². The Bertz CT molecular complexity index is 1530. The smallest absolute Gasteiger partial charge is 0.272 e. The summed E-state index contributed by atoms with van der Waals surface area (Å²) in [7, 11) is 0. The molecule has 5 aromatic rings. The fourth-order valence-corrected chi connectivity index (χ4v) is 3.97. The highest BCUT2D eigenvalue weighted by Gasteiger charge is 2.14. The highest BCUT2D eigenvalue weighted by atomic mass is 35.5. The minimum Gasteiger partial charge on any atom is -0.455 e. The van der Waals surface area contributed by atoms with Crippen LogP contribution in [0.15, 0.2) is 101 Å². The number of pyridine rings is 1. The number of hydrogen-bond donors (Lipinski definition) is 1. The van der Waals surface area contributed by atoms with Gasteiger partial charge in [0.2, 0.25) is 0 Å². The number of benzene rings is 3. The van der Waals surface area contributed by atoms with Crippen LogP contribution in [0.4, 0.5) is 0 Å². The monoisotopic (exact) mass is 485 g/mol. The summed E-state index contributed by atoms with van der Waals surface area (Å²) in [6.07, 6.45) is 1.43. The SMILES string of the molecule is O=C(N/N=C/c1ccc(-c2cc(Cl)ccc2Cl)o1)c1cc(-c2ccccc2)nc2ccccc12. The minimum atomic E-state index is -0.350. The van der Waals surface area contributed by atoms with Crippen LogP contribution in [-0.4, -0.2) is 17.1 Å². The van der Waals surface area contributed by atoms with Crippen molar-refractivity contribution < 1.29 is 9.21 Å². The van der Waals surface area contributed by atoms with Gasteiger partial charge in [0.15, 0.2) is 0 Å². The maximum absolute atomic E-state index is 13.0. The number of fused-ring (bicyclic) bond motifs is 1. The van der Waals surface area contributed by atoms with Crippen LogP contribution in [0.2, 0.25) is 10.0 Å². The molecule has 166 valence electrons. The Labute approximate surface area is 205 Å². The molecule has 34 heavy (non-hydrogen) atoms. The number of hydrogen-bond acceptors (Lipinski definition) is 4. The maximum atomic E-state index is 13.0. The summed E-state index contributed by atoms with van der Waals surface area (Å²) in [5.74, 6) is 0.653. The standard InChI is InChI=1S/C27H17Cl2N3O2/c28-18-10-12-23(29)22(14-18)26-13-11-19(34-26)16-30-32-27(33)21-15-25(17-6-2-1-3-7-17)31-24-9-5-4-8-20(21)24/h1-16H,(H,32,33)/b30-16+. The van der Waals surface area contributed by atoms with E-state index in [9.17, 15) is 4.79 Å². The summed E-state index contributed by atoms with van der Waals surface area (Å²) in [6, 6.07) is 27.6. The number of para-hydroxylation sites is 1. The van der Waals surface area contributed by atoms with Gasteiger partial charge in [0.1, 0.15) is 11.5 Å². The Hall–Kier alpha value is -3.93. The second kappa shape index (κ2) is 9.51. The molecule has 3 aromatic carbocycles. The van der Waals surface area contributed by atoms with Gasteiger partial charge in [-0.15, -0.1) is 0 Å². The molecule has 0 saturated heterocycles. The van der Waals surface area contributed by atoms with Gasteiger partial charge in [-0.25, -0.2) is 10.4 Å². The zero-order valence-corrected chi connectivity index (χ0v) is 19.2. The van der Waals surface area contributed by atoms with Crippen molar-refractivity contribution in [3.05, 3.63) is 112 Å². The molecule has 0 saturated carbocycles. The number of rotatable bonds is 5. The molecule has 2 aromatic heterocycles. The summed E-state index contributed by atoms with van der Waals surface area (Å²) in [5.41, 5.74) is 6.10. The Morgan fingerprint density at radius 3 is 2.56 bits per heavy atom. The average Bonchev–Trinajstić information content (AvgIpc) is 3.34. The molecule has 0 atom stereocenters. The topological polar surface area (TPSA) is 67.5 Å². The van der Waals surface area contributed by atoms with E-state index in [0.717, 1.165) is 16.5 Å². The first-order valence-corrected chi connectivity index (χ1v) is 11.2. The molecule has 0 bridgehead atoms. The molecule has 5 nitrogen and oxygen atoms in total. The molecule has 0 spiro atoms. The summed E-state index contributed by atoms with van der Waals surface area (Å²) in [5, 5.41) is 5.89. The lowest BCUT2D eigenvalue weighted by Crippen LogP contribution is -2.18. The van der Waals surface area contributed by atoms with Crippen LogP contribution in [0.3, 0.4) is 0 Å². The number of halogens is 2. The normalized spacial score (nSPS) is 11.2. The molecule has 5 rings (SSSR count). The van der Waals surface area contributed by atoms with Gasteiger partial charge in [-0.05, 0) is 42.5 Å². The molecule has 0 fully saturated rings. The van der Waals surface area contributed by atoms with Gasteiger partial charge in [-0.1, -0.05) is 71.7 Å². The van der Waals surface area contributed by atoms with Crippen LogP contribution in [0, 0.1) is 0 Å². The van der Waals surface area contributed by atoms with Gasteiger partial charge < -0.3 is 4.42 Å². The fourth-order valence-electron chi connectivity index (χ4n) is 3.59. The van der Waals surface area contributed by atoms with Gasteiger partial charge in [0.05, 0.1) is 28.0 Å². The highest BCUT2D eigenvalue weighted by Crippen LogP contribution is 2.31. The van der Waals surface area contributed by atoms with Crippen LogP contribution < -0.4 is 5.43 Å². The van der Waals surface area contributed by atoms with Gasteiger partial charge in [-0.2, -0.15) is 5.10 Å². The zero-order chi connectivity index (χ0) is 23.5. The van der Waals surface area contributed by atoms with E-state index in [2.05, 4.69) is 10.5 Å². The lowest BCUT2D eigenvalue weighted by Gasteiger charge is -2.09. The molecule has 0 radical (unpaired) electrons. The quantitative estimate of drug-likeness (QED) is 0.211. The Balaban J connectivity index is 1.39. The molecule has 0 aliphatic carbocycles. The summed E-state index contributed by atoms with van der Waals surface area (Å²) in [4.78, 5) is 17.7. The zero-order valence-electron chi connectivity index (χ0n) is 17.7. The van der Waals surface area contributed by atoms with Crippen molar-refractivity contribution in [1.29, 1.82) is 0 Å². The molecule has 0 unspecified atom stereocenters. The fraction of sp³-hybridized carbons (Fsp3) is 0. The number of nitrogens with zero attached hydrogens (tertiary/aromatic N) is 2. The van der Waals surface area contributed by atoms with E-state index in [1.54, 1.807) is 36.4 Å². The first kappa shape index (κ1) is 21.9. The lowest BCUT2D eigenvalue weighted by molar-refractivity contribution is 0.0956. The predicted octanol–water partition coefficient (Wildman–Crippen LogP) is 7.23. The van der Waals surface area contributed by atoms with Gasteiger partial charge in [-0.3, -0.25) is 4.79 Å². The summed E-state index contributed by atoms with van der Waals surface area (Å²) >= 11 is 12.3. The third-order valence-corrected chi connectivity index (χ3v) is 5.77. The summed E-state index contributed by atoms with van der Waals surface area (Å²) in [6.45, 7) is 0. The van der Waals surface area contributed by atoms with Crippen molar-refractivity contribution in [3.63, 3.8) is 0 Å². The lowest BCUT2D eigenvalue weighted by atomic mass is 10.0. The number of hydrazone groups is 1. The van der Waals surface area contributed by atoms with E-state index in [4.69, 9.17) is 32.6 Å². The van der Waals surface area contributed by atoms with Crippen LogP contribution in [0.1, 0.15) is 16.1 Å². The molecule has 1 amide bonds. The van der Waals surface area contributed by atoms with Crippen LogP contribution in [0.5, 0.6) is 0 Å². The highest BCUT2D eigenvalue weighted by molar-refractivity contribution is 6.35. The second-order valence-corrected chi connectivity index (χ2v) is 8.31. The van der Waals surface area contributed by atoms with Crippen LogP contribution >= 0.6 is 23.2 Å². The molecule has 1 N–H and O–H groups in total. The van der Waals surface area contributed by atoms with Crippen LogP contribution in [0.25, 0.3) is 33.5 Å². The largest absolute Gasteiger partial charge is 0.455 e. The van der Waals surface area contributed by atoms with Crippen LogP contribution in [-0.2, 0) is 0 Å². The molecular formula is C27H17Cl2N3O2. The van der Waals surface area contributed by atoms with Crippen molar-refractivity contribution in [2.45, 2.75) is 0 Å². The minimum absolute atomic E-state index is 0.350. The Kier molecular flexibility index (Phi) is 6.12. The second-order valence-electron chi connectivity index (χ2n) is 7.46. The van der Waals surface area contributed by atoms with Crippen molar-refractivity contribution in [3.8, 4) is 22.6 Å². The van der Waals surface area contributed by atoms with Crippen molar-refractivity contribution in [2.24, 2.45) is 5.10 Å². The Morgan fingerprint density at radius 2 is 1.71 bits per heavy atom. The number of furan rings is 1. The number of carbonyl (C=O) groups excluding carboxylic acids is 1. The van der Waals surface area contributed by atoms with E-state index in [0.29, 0.717) is 38.4 Å². The Morgan fingerprint density at radius 1 is 0.912 bits per heavy atom. The predicted molar refractivity (Wildman–Crippen MR) is 136 cm³/mol. The molecule has 2 heterocycles. The average molecular weight is 486 g/mol. The first-order chi connectivity index (χ1) is 16.6. The van der Waals surface area contributed by atoms with E-state index in [-0.39, 0.29) is 5.91 Å². The molecule has 0 aliphatic heterocycles. The van der Waals surface area contributed by atoms with E-state index in [1.165, 1.54) is 6.21 Å². The van der Waals surface area contributed by atoms with Crippen molar-refractivity contribution in [1.82, 2.24) is 10.4 Å². The van der Waals surface area contributed by atoms with Crippen molar-refractivity contribution in [2.75, 3.05) is 0 Å². The van der Waals surface area contributed by atoms with Crippen molar-refractivity contribution >= 4 is 46.2 Å². The van der Waals surface area contributed by atoms with Gasteiger partial charge in [0, 0.05) is 21.5 Å². The number of aromatic nitrogens is 1. The number of carbonyl (C=O) groups is 1. The molecule has 7 heteroatoms.